The first-order valence-electron chi connectivity index (χ1n) is 11.3. The summed E-state index contributed by atoms with van der Waals surface area (Å²) >= 11 is 0. The highest BCUT2D eigenvalue weighted by Crippen LogP contribution is 2.44. The number of amides is 1. The number of pyridine rings is 1. The maximum Gasteiger partial charge on any atom is 0.228 e. The summed E-state index contributed by atoms with van der Waals surface area (Å²) in [4.78, 5) is 31.7. The highest BCUT2D eigenvalue weighted by atomic mass is 16.5. The van der Waals surface area contributed by atoms with Crippen molar-refractivity contribution in [3.8, 4) is 17.0 Å². The van der Waals surface area contributed by atoms with Crippen LogP contribution in [0.4, 0.5) is 5.95 Å². The largest absolute Gasteiger partial charge is 0.480 e. The molecule has 1 aliphatic carbocycles. The molecular weight excluding hydrogens is 420 g/mol. The van der Waals surface area contributed by atoms with Gasteiger partial charge in [0.2, 0.25) is 17.7 Å². The third-order valence-corrected chi connectivity index (χ3v) is 6.92. The van der Waals surface area contributed by atoms with Crippen molar-refractivity contribution in [2.45, 2.75) is 38.6 Å². The molecular formula is C23H26N8O2. The van der Waals surface area contributed by atoms with E-state index in [4.69, 9.17) is 4.74 Å². The highest BCUT2D eigenvalue weighted by Gasteiger charge is 2.48. The monoisotopic (exact) mass is 446 g/mol. The van der Waals surface area contributed by atoms with E-state index in [2.05, 4.69) is 37.3 Å². The van der Waals surface area contributed by atoms with E-state index in [-0.39, 0.29) is 17.4 Å². The summed E-state index contributed by atoms with van der Waals surface area (Å²) in [5.41, 5.74) is 3.06. The van der Waals surface area contributed by atoms with Crippen molar-refractivity contribution in [3.63, 3.8) is 0 Å². The molecule has 0 bridgehead atoms. The van der Waals surface area contributed by atoms with Crippen molar-refractivity contribution < 1.29 is 9.53 Å². The van der Waals surface area contributed by atoms with Gasteiger partial charge in [-0.3, -0.25) is 4.79 Å². The number of nitrogens with zero attached hydrogens (tertiary/aromatic N) is 6. The zero-order chi connectivity index (χ0) is 22.6. The van der Waals surface area contributed by atoms with Crippen LogP contribution in [-0.4, -0.2) is 66.6 Å². The molecule has 0 spiro atoms. The number of aromatic amines is 1. The Labute approximate surface area is 190 Å². The van der Waals surface area contributed by atoms with E-state index in [1.165, 1.54) is 6.33 Å². The Morgan fingerprint density at radius 3 is 2.88 bits per heavy atom. The first-order chi connectivity index (χ1) is 16.0. The molecule has 1 saturated heterocycles. The molecule has 2 fully saturated rings. The number of anilines is 1. The number of H-pyrrole nitrogens is 1. The second-order valence-corrected chi connectivity index (χ2v) is 9.27. The third-order valence-electron chi connectivity index (χ3n) is 6.92. The molecule has 4 aromatic heterocycles. The summed E-state index contributed by atoms with van der Waals surface area (Å²) in [5, 5.41) is 8.37. The number of carbonyl (C=O) groups excluding carboxylic acids is 1. The summed E-state index contributed by atoms with van der Waals surface area (Å²) in [6.45, 7) is 3.85. The van der Waals surface area contributed by atoms with Gasteiger partial charge in [0.25, 0.3) is 0 Å². The predicted molar refractivity (Wildman–Crippen MR) is 123 cm³/mol. The van der Waals surface area contributed by atoms with Crippen LogP contribution in [0.3, 0.4) is 0 Å². The van der Waals surface area contributed by atoms with Gasteiger partial charge in [0, 0.05) is 37.1 Å². The number of likely N-dealkylation sites (tertiary alicyclic amines) is 1. The van der Waals surface area contributed by atoms with Gasteiger partial charge in [-0.2, -0.15) is 15.1 Å². The maximum absolute atomic E-state index is 12.9. The van der Waals surface area contributed by atoms with Gasteiger partial charge in [-0.05, 0) is 43.4 Å². The molecule has 2 N–H and O–H groups in total. The number of fused-ring (bicyclic) bond motifs is 2. The predicted octanol–water partition coefficient (Wildman–Crippen LogP) is 2.88. The zero-order valence-electron chi connectivity index (χ0n) is 18.7. The van der Waals surface area contributed by atoms with E-state index < -0.39 is 0 Å². The summed E-state index contributed by atoms with van der Waals surface area (Å²) in [6.07, 6.45) is 9.09. The zero-order valence-corrected chi connectivity index (χ0v) is 18.7. The lowest BCUT2D eigenvalue weighted by molar-refractivity contribution is -0.145. The first-order valence-corrected chi connectivity index (χ1v) is 11.3. The van der Waals surface area contributed by atoms with E-state index in [1.807, 2.05) is 29.4 Å². The summed E-state index contributed by atoms with van der Waals surface area (Å²) < 4.78 is 7.35. The minimum Gasteiger partial charge on any atom is -0.480 e. The van der Waals surface area contributed by atoms with E-state index in [0.717, 1.165) is 60.9 Å². The Bertz CT molecular complexity index is 1350. The molecule has 0 unspecified atom stereocenters. The molecule has 10 heteroatoms. The Kier molecular flexibility index (Phi) is 4.49. The van der Waals surface area contributed by atoms with Gasteiger partial charge in [-0.15, -0.1) is 0 Å². The van der Waals surface area contributed by atoms with Crippen molar-refractivity contribution in [1.29, 1.82) is 0 Å². The van der Waals surface area contributed by atoms with Gasteiger partial charge in [-0.1, -0.05) is 6.92 Å². The Balaban J connectivity index is 1.24. The Hall–Kier alpha value is -3.69. The van der Waals surface area contributed by atoms with Crippen molar-refractivity contribution in [2.75, 3.05) is 25.5 Å². The second kappa shape index (κ2) is 7.43. The molecule has 1 saturated carbocycles. The quantitative estimate of drug-likeness (QED) is 0.485. The molecule has 0 radical (unpaired) electrons. The standard InChI is InChI=1S/C23H26N8O2/c1-23(21(32)30-6-3-4-7-30)10-15(11-23)27-22-28-19-18(20(29-22)33-2)16(12-24-19)14-5-8-31-17(9-14)25-13-26-31/h5,8-9,12-13,15H,3-4,6-7,10-11H2,1-2H3,(H2,24,27,28,29). The third kappa shape index (κ3) is 3.28. The molecule has 4 aromatic rings. The molecule has 5 heterocycles. The number of carbonyl (C=O) groups is 1. The maximum atomic E-state index is 12.9. The minimum atomic E-state index is -0.295. The van der Waals surface area contributed by atoms with Crippen LogP contribution in [0.15, 0.2) is 30.9 Å². The fourth-order valence-corrected chi connectivity index (χ4v) is 5.21. The van der Waals surface area contributed by atoms with E-state index in [9.17, 15) is 4.79 Å². The second-order valence-electron chi connectivity index (χ2n) is 9.27. The lowest BCUT2D eigenvalue weighted by Crippen LogP contribution is -2.53. The molecule has 10 nitrogen and oxygen atoms in total. The van der Waals surface area contributed by atoms with E-state index in [1.54, 1.807) is 11.6 Å². The highest BCUT2D eigenvalue weighted by molar-refractivity contribution is 5.98. The summed E-state index contributed by atoms with van der Waals surface area (Å²) in [5.74, 6) is 1.28. The number of rotatable bonds is 5. The van der Waals surface area contributed by atoms with Crippen LogP contribution in [-0.2, 0) is 4.79 Å². The first kappa shape index (κ1) is 20.0. The van der Waals surface area contributed by atoms with Crippen LogP contribution < -0.4 is 10.1 Å². The fraction of sp³-hybridized carbons (Fsp3) is 0.435. The molecule has 1 amide bonds. The number of hydrogen-bond acceptors (Lipinski definition) is 7. The SMILES string of the molecule is COc1nc(NC2CC(C)(C(=O)N3CCCC3)C2)nc2[nH]cc(-c3ccn4ncnc4c3)c12. The van der Waals surface area contributed by atoms with Crippen LogP contribution in [0.2, 0.25) is 0 Å². The lowest BCUT2D eigenvalue weighted by Gasteiger charge is -2.45. The van der Waals surface area contributed by atoms with Crippen LogP contribution in [0.1, 0.15) is 32.6 Å². The Morgan fingerprint density at radius 2 is 2.09 bits per heavy atom. The van der Waals surface area contributed by atoms with Crippen LogP contribution in [0.5, 0.6) is 5.88 Å². The number of methoxy groups -OCH3 is 1. The Morgan fingerprint density at radius 1 is 1.27 bits per heavy atom. The topological polar surface area (TPSA) is 113 Å². The average molecular weight is 447 g/mol. The van der Waals surface area contributed by atoms with Crippen molar-refractivity contribution in [3.05, 3.63) is 30.9 Å². The molecule has 1 aliphatic heterocycles. The van der Waals surface area contributed by atoms with Gasteiger partial charge in [0.15, 0.2) is 5.65 Å². The van der Waals surface area contributed by atoms with Gasteiger partial charge in [-0.25, -0.2) is 9.50 Å². The molecule has 6 rings (SSSR count). The minimum absolute atomic E-state index is 0.161. The molecule has 2 aliphatic rings. The molecule has 33 heavy (non-hydrogen) atoms. The van der Waals surface area contributed by atoms with E-state index in [0.29, 0.717) is 17.5 Å². The van der Waals surface area contributed by atoms with Crippen LogP contribution in [0, 0.1) is 5.41 Å². The summed E-state index contributed by atoms with van der Waals surface area (Å²) in [7, 11) is 1.61. The lowest BCUT2D eigenvalue weighted by atomic mass is 9.66. The van der Waals surface area contributed by atoms with Crippen molar-refractivity contribution in [2.24, 2.45) is 5.41 Å². The smallest absolute Gasteiger partial charge is 0.228 e. The number of ether oxygens (including phenoxy) is 1. The van der Waals surface area contributed by atoms with Crippen molar-refractivity contribution >= 4 is 28.5 Å². The van der Waals surface area contributed by atoms with Gasteiger partial charge in [0.05, 0.1) is 17.9 Å². The number of hydrogen-bond donors (Lipinski definition) is 2. The summed E-state index contributed by atoms with van der Waals surface area (Å²) in [6, 6.07) is 4.10. The molecule has 0 atom stereocenters. The van der Waals surface area contributed by atoms with Gasteiger partial charge < -0.3 is 19.9 Å². The van der Waals surface area contributed by atoms with Gasteiger partial charge in [0.1, 0.15) is 12.0 Å². The van der Waals surface area contributed by atoms with Gasteiger partial charge >= 0.3 is 0 Å². The number of aromatic nitrogens is 6. The van der Waals surface area contributed by atoms with Crippen LogP contribution in [0.25, 0.3) is 27.8 Å². The van der Waals surface area contributed by atoms with Crippen molar-refractivity contribution in [1.82, 2.24) is 34.4 Å². The fourth-order valence-electron chi connectivity index (χ4n) is 5.21. The van der Waals surface area contributed by atoms with E-state index >= 15 is 0 Å². The molecule has 0 aromatic carbocycles. The van der Waals surface area contributed by atoms with Crippen LogP contribution >= 0.6 is 0 Å². The molecule has 170 valence electrons. The number of nitrogens with one attached hydrogen (secondary N) is 2. The average Bonchev–Trinajstić information content (AvgIpc) is 3.56. The normalized spacial score (nSPS) is 22.6.